The zero-order valence-electron chi connectivity index (χ0n) is 19.9. The molecule has 9 heteroatoms. The van der Waals surface area contributed by atoms with Crippen molar-refractivity contribution in [1.82, 2.24) is 4.90 Å². The van der Waals surface area contributed by atoms with E-state index in [1.807, 2.05) is 24.3 Å². The number of rotatable bonds is 8. The SMILES string of the molecule is COc1ccc(CCN(C(=O)Nc2ccc(Cl)cc2)[C@H]2CC(=O)N(c3ccc(OC)cc3)C2=O)cc1. The number of carbonyl (C=O) groups is 3. The molecule has 0 unspecified atom stereocenters. The van der Waals surface area contributed by atoms with E-state index in [0.29, 0.717) is 28.6 Å². The fourth-order valence-electron chi connectivity index (χ4n) is 4.03. The summed E-state index contributed by atoms with van der Waals surface area (Å²) < 4.78 is 10.4. The van der Waals surface area contributed by atoms with Crippen molar-refractivity contribution in [2.75, 3.05) is 31.0 Å². The first-order valence-electron chi connectivity index (χ1n) is 11.4. The summed E-state index contributed by atoms with van der Waals surface area (Å²) in [5.41, 5.74) is 1.92. The molecule has 36 heavy (non-hydrogen) atoms. The van der Waals surface area contributed by atoms with E-state index in [4.69, 9.17) is 21.1 Å². The van der Waals surface area contributed by atoms with Crippen molar-refractivity contribution in [2.24, 2.45) is 0 Å². The number of anilines is 2. The Hall–Kier alpha value is -4.04. The van der Waals surface area contributed by atoms with Gasteiger partial charge >= 0.3 is 6.03 Å². The third-order valence-corrected chi connectivity index (χ3v) is 6.24. The number of urea groups is 1. The molecule has 0 bridgehead atoms. The molecular formula is C27H26ClN3O5. The van der Waals surface area contributed by atoms with E-state index in [2.05, 4.69) is 5.32 Å². The molecule has 3 aromatic rings. The Balaban J connectivity index is 1.57. The Bertz CT molecular complexity index is 1230. The van der Waals surface area contributed by atoms with E-state index in [1.165, 1.54) is 12.0 Å². The number of amides is 4. The predicted octanol–water partition coefficient (Wildman–Crippen LogP) is 4.77. The van der Waals surface area contributed by atoms with Crippen LogP contribution in [-0.4, -0.2) is 49.6 Å². The number of imide groups is 1. The number of methoxy groups -OCH3 is 2. The molecule has 0 aromatic heterocycles. The summed E-state index contributed by atoms with van der Waals surface area (Å²) >= 11 is 5.95. The fourth-order valence-corrected chi connectivity index (χ4v) is 4.16. The lowest BCUT2D eigenvalue weighted by atomic mass is 10.1. The van der Waals surface area contributed by atoms with Gasteiger partial charge in [0.25, 0.3) is 5.91 Å². The lowest BCUT2D eigenvalue weighted by Gasteiger charge is -2.28. The Kier molecular flexibility index (Phi) is 7.75. The number of ether oxygens (including phenoxy) is 2. The van der Waals surface area contributed by atoms with Crippen LogP contribution >= 0.6 is 11.6 Å². The number of hydrogen-bond donors (Lipinski definition) is 1. The maximum absolute atomic E-state index is 13.4. The molecule has 186 valence electrons. The van der Waals surface area contributed by atoms with Gasteiger partial charge in [-0.1, -0.05) is 23.7 Å². The van der Waals surface area contributed by atoms with E-state index >= 15 is 0 Å². The van der Waals surface area contributed by atoms with E-state index in [0.717, 1.165) is 16.2 Å². The van der Waals surface area contributed by atoms with Gasteiger partial charge in [-0.3, -0.25) is 9.59 Å². The number of halogens is 1. The average Bonchev–Trinajstić information content (AvgIpc) is 3.19. The van der Waals surface area contributed by atoms with Gasteiger partial charge < -0.3 is 19.7 Å². The molecule has 1 saturated heterocycles. The summed E-state index contributed by atoms with van der Waals surface area (Å²) in [6.45, 7) is 0.228. The monoisotopic (exact) mass is 507 g/mol. The highest BCUT2D eigenvalue weighted by Gasteiger charge is 2.44. The third kappa shape index (κ3) is 5.60. The highest BCUT2D eigenvalue weighted by molar-refractivity contribution is 6.30. The van der Waals surface area contributed by atoms with Crippen LogP contribution in [-0.2, 0) is 16.0 Å². The third-order valence-electron chi connectivity index (χ3n) is 5.99. The molecule has 1 aliphatic rings. The summed E-state index contributed by atoms with van der Waals surface area (Å²) in [7, 11) is 3.13. The van der Waals surface area contributed by atoms with Crippen LogP contribution in [0.1, 0.15) is 12.0 Å². The quantitative estimate of drug-likeness (QED) is 0.444. The van der Waals surface area contributed by atoms with Crippen molar-refractivity contribution in [2.45, 2.75) is 18.9 Å². The number of carbonyl (C=O) groups excluding carboxylic acids is 3. The van der Waals surface area contributed by atoms with Crippen LogP contribution in [0.3, 0.4) is 0 Å². The Morgan fingerprint density at radius 1 is 0.944 bits per heavy atom. The van der Waals surface area contributed by atoms with Crippen molar-refractivity contribution in [3.8, 4) is 11.5 Å². The van der Waals surface area contributed by atoms with Crippen molar-refractivity contribution in [1.29, 1.82) is 0 Å². The molecule has 1 fully saturated rings. The van der Waals surface area contributed by atoms with E-state index in [1.54, 1.807) is 55.6 Å². The first kappa shape index (κ1) is 25.1. The molecule has 4 amide bonds. The molecule has 1 atom stereocenters. The molecule has 3 aromatic carbocycles. The minimum Gasteiger partial charge on any atom is -0.497 e. The molecule has 0 saturated carbocycles. The van der Waals surface area contributed by atoms with Crippen LogP contribution in [0.2, 0.25) is 5.02 Å². The molecule has 8 nitrogen and oxygen atoms in total. The van der Waals surface area contributed by atoms with Gasteiger partial charge in [0.15, 0.2) is 0 Å². The van der Waals surface area contributed by atoms with Gasteiger partial charge in [0, 0.05) is 17.3 Å². The van der Waals surface area contributed by atoms with Gasteiger partial charge in [0.05, 0.1) is 26.3 Å². The van der Waals surface area contributed by atoms with Gasteiger partial charge in [0.1, 0.15) is 17.5 Å². The zero-order chi connectivity index (χ0) is 25.7. The van der Waals surface area contributed by atoms with Crippen molar-refractivity contribution in [3.05, 3.63) is 83.4 Å². The molecule has 1 heterocycles. The minimum atomic E-state index is -0.940. The van der Waals surface area contributed by atoms with Crippen LogP contribution in [0.15, 0.2) is 72.8 Å². The summed E-state index contributed by atoms with van der Waals surface area (Å²) in [5.74, 6) is 0.510. The molecule has 4 rings (SSSR count). The van der Waals surface area contributed by atoms with Crippen LogP contribution in [0.5, 0.6) is 11.5 Å². The highest BCUT2D eigenvalue weighted by Crippen LogP contribution is 2.28. The van der Waals surface area contributed by atoms with Crippen LogP contribution < -0.4 is 19.7 Å². The number of nitrogens with one attached hydrogen (secondary N) is 1. The van der Waals surface area contributed by atoms with Crippen LogP contribution in [0, 0.1) is 0 Å². The van der Waals surface area contributed by atoms with Gasteiger partial charge in [-0.05, 0) is 72.6 Å². The largest absolute Gasteiger partial charge is 0.497 e. The molecule has 0 aliphatic carbocycles. The molecule has 0 spiro atoms. The first-order chi connectivity index (χ1) is 17.4. The normalized spacial score (nSPS) is 15.1. The summed E-state index contributed by atoms with van der Waals surface area (Å²) in [6, 6.07) is 19.4. The fraction of sp³-hybridized carbons (Fsp3) is 0.222. The number of benzene rings is 3. The Labute approximate surface area is 214 Å². The van der Waals surface area contributed by atoms with E-state index in [-0.39, 0.29) is 18.9 Å². The van der Waals surface area contributed by atoms with Crippen LogP contribution in [0.4, 0.5) is 16.2 Å². The maximum Gasteiger partial charge on any atom is 0.322 e. The second-order valence-corrected chi connectivity index (χ2v) is 8.65. The molecule has 1 N–H and O–H groups in total. The molecule has 1 aliphatic heterocycles. The Morgan fingerprint density at radius 2 is 1.53 bits per heavy atom. The standard InChI is InChI=1S/C27H26ClN3O5/c1-35-22-11-3-18(4-12-22)15-16-30(27(34)29-20-7-5-19(28)6-8-20)24-17-25(32)31(26(24)33)21-9-13-23(36-2)14-10-21/h3-14,24H,15-17H2,1-2H3,(H,29,34)/t24-/m0/s1. The lowest BCUT2D eigenvalue weighted by molar-refractivity contribution is -0.122. The second-order valence-electron chi connectivity index (χ2n) is 8.21. The smallest absolute Gasteiger partial charge is 0.322 e. The number of nitrogens with zero attached hydrogens (tertiary/aromatic N) is 2. The van der Waals surface area contributed by atoms with Gasteiger partial charge in [-0.25, -0.2) is 9.69 Å². The summed E-state index contributed by atoms with van der Waals surface area (Å²) in [6.07, 6.45) is 0.375. The molecule has 0 radical (unpaired) electrons. The summed E-state index contributed by atoms with van der Waals surface area (Å²) in [4.78, 5) is 42.2. The van der Waals surface area contributed by atoms with Crippen molar-refractivity contribution < 1.29 is 23.9 Å². The molecular weight excluding hydrogens is 482 g/mol. The lowest BCUT2D eigenvalue weighted by Crippen LogP contribution is -2.48. The van der Waals surface area contributed by atoms with Gasteiger partial charge in [0.2, 0.25) is 5.91 Å². The maximum atomic E-state index is 13.4. The average molecular weight is 508 g/mol. The van der Waals surface area contributed by atoms with Crippen molar-refractivity contribution >= 4 is 40.8 Å². The zero-order valence-corrected chi connectivity index (χ0v) is 20.7. The minimum absolute atomic E-state index is 0.110. The van der Waals surface area contributed by atoms with Gasteiger partial charge in [-0.15, -0.1) is 0 Å². The predicted molar refractivity (Wildman–Crippen MR) is 138 cm³/mol. The van der Waals surface area contributed by atoms with E-state index < -0.39 is 18.0 Å². The Morgan fingerprint density at radius 3 is 2.11 bits per heavy atom. The number of hydrogen-bond acceptors (Lipinski definition) is 5. The van der Waals surface area contributed by atoms with Crippen LogP contribution in [0.25, 0.3) is 0 Å². The van der Waals surface area contributed by atoms with E-state index in [9.17, 15) is 14.4 Å². The highest BCUT2D eigenvalue weighted by atomic mass is 35.5. The second kappa shape index (κ2) is 11.1. The van der Waals surface area contributed by atoms with Crippen molar-refractivity contribution in [3.63, 3.8) is 0 Å². The summed E-state index contributed by atoms with van der Waals surface area (Å²) in [5, 5.41) is 3.35. The van der Waals surface area contributed by atoms with Gasteiger partial charge in [-0.2, -0.15) is 0 Å². The topological polar surface area (TPSA) is 88.2 Å². The first-order valence-corrected chi connectivity index (χ1v) is 11.7.